The molecule has 0 saturated carbocycles. The molecule has 0 radical (unpaired) electrons. The van der Waals surface area contributed by atoms with Crippen molar-refractivity contribution in [3.63, 3.8) is 0 Å². The second kappa shape index (κ2) is 11.7. The van der Waals surface area contributed by atoms with Crippen LogP contribution >= 0.6 is 0 Å². The maximum Gasteiger partial charge on any atom is 0.326 e. The van der Waals surface area contributed by atoms with Crippen LogP contribution in [-0.2, 0) is 13.0 Å². The Balaban J connectivity index is 1.96. The van der Waals surface area contributed by atoms with Crippen LogP contribution in [0, 0.1) is 11.8 Å². The van der Waals surface area contributed by atoms with E-state index >= 15 is 0 Å². The molecule has 0 saturated heterocycles. The first-order valence-electron chi connectivity index (χ1n) is 11.3. The molecule has 0 bridgehead atoms. The third kappa shape index (κ3) is 8.36. The predicted molar refractivity (Wildman–Crippen MR) is 119 cm³/mol. The lowest BCUT2D eigenvalue weighted by Crippen LogP contribution is -2.52. The van der Waals surface area contributed by atoms with E-state index < -0.39 is 17.1 Å². The van der Waals surface area contributed by atoms with Crippen LogP contribution in [-0.4, -0.2) is 30.3 Å². The fourth-order valence-corrected chi connectivity index (χ4v) is 12.8. The predicted octanol–water partition coefficient (Wildman–Crippen LogP) is 6.71. The maximum atomic E-state index is 6.87. The summed E-state index contributed by atoms with van der Waals surface area (Å²) >= 11 is 0. The van der Waals surface area contributed by atoms with E-state index in [0.29, 0.717) is 11.8 Å². The fraction of sp³-hybridized carbons (Fsp3) is 0.818. The Morgan fingerprint density at radius 2 is 1.22 bits per heavy atom. The molecule has 0 aromatic rings. The average molecular weight is 411 g/mol. The first kappa shape index (κ1) is 23.1. The first-order valence-corrected chi connectivity index (χ1v) is 16.3. The lowest BCUT2D eigenvalue weighted by atomic mass is 9.94. The van der Waals surface area contributed by atoms with Crippen molar-refractivity contribution in [3.05, 3.63) is 24.3 Å². The van der Waals surface area contributed by atoms with E-state index in [1.54, 1.807) is 0 Å². The molecule has 0 N–H and O–H groups in total. The Morgan fingerprint density at radius 3 is 1.56 bits per heavy atom. The first-order chi connectivity index (χ1) is 13.0. The molecule has 27 heavy (non-hydrogen) atoms. The van der Waals surface area contributed by atoms with Crippen LogP contribution in [0.2, 0.25) is 25.2 Å². The molecule has 0 heterocycles. The number of rotatable bonds is 12. The third-order valence-electron chi connectivity index (χ3n) is 5.98. The summed E-state index contributed by atoms with van der Waals surface area (Å²) < 4.78 is 19.4. The molecular weight excluding hydrogens is 368 g/mol. The molecule has 0 spiro atoms. The highest BCUT2D eigenvalue weighted by atomic mass is 28.5. The SMILES string of the molecule is CCO[Si](C)(CCC1C=CCCC1)O[Si](C)(CCC1C=CCCC1)OCC. The molecule has 4 unspecified atom stereocenters. The highest BCUT2D eigenvalue weighted by molar-refractivity contribution is 6.80. The van der Waals surface area contributed by atoms with Crippen LogP contribution in [0.4, 0.5) is 0 Å². The van der Waals surface area contributed by atoms with Gasteiger partial charge in [0.1, 0.15) is 0 Å². The monoisotopic (exact) mass is 410 g/mol. The van der Waals surface area contributed by atoms with E-state index in [-0.39, 0.29) is 0 Å². The minimum absolute atomic E-state index is 0.710. The molecule has 2 aliphatic rings. The molecule has 5 heteroatoms. The van der Waals surface area contributed by atoms with Gasteiger partial charge in [0.25, 0.3) is 0 Å². The van der Waals surface area contributed by atoms with E-state index in [1.165, 1.54) is 51.4 Å². The lowest BCUT2D eigenvalue weighted by molar-refractivity contribution is 0.196. The molecule has 0 amide bonds. The summed E-state index contributed by atoms with van der Waals surface area (Å²) in [5, 5.41) is 0. The normalized spacial score (nSPS) is 27.3. The minimum Gasteiger partial charge on any atom is -0.415 e. The van der Waals surface area contributed by atoms with Crippen molar-refractivity contribution in [3.8, 4) is 0 Å². The zero-order chi connectivity index (χ0) is 19.6. The van der Waals surface area contributed by atoms with Gasteiger partial charge in [-0.1, -0.05) is 24.3 Å². The Kier molecular flexibility index (Phi) is 10.0. The summed E-state index contributed by atoms with van der Waals surface area (Å²) in [4.78, 5) is 0. The Hall–Kier alpha value is -0.206. The second-order valence-corrected chi connectivity index (χ2v) is 15.5. The zero-order valence-electron chi connectivity index (χ0n) is 18.2. The van der Waals surface area contributed by atoms with Gasteiger partial charge in [-0.15, -0.1) is 0 Å². The smallest absolute Gasteiger partial charge is 0.326 e. The molecule has 2 rings (SSSR count). The van der Waals surface area contributed by atoms with E-state index in [1.807, 2.05) is 0 Å². The summed E-state index contributed by atoms with van der Waals surface area (Å²) in [5.74, 6) is 1.42. The number of hydrogen-bond donors (Lipinski definition) is 0. The van der Waals surface area contributed by atoms with Crippen molar-refractivity contribution in [2.24, 2.45) is 11.8 Å². The van der Waals surface area contributed by atoms with Crippen molar-refractivity contribution in [2.75, 3.05) is 13.2 Å². The van der Waals surface area contributed by atoms with Crippen molar-refractivity contribution < 1.29 is 13.0 Å². The van der Waals surface area contributed by atoms with Gasteiger partial charge in [0.2, 0.25) is 0 Å². The van der Waals surface area contributed by atoms with Gasteiger partial charge in [-0.05, 0) is 102 Å². The van der Waals surface area contributed by atoms with Crippen LogP contribution in [0.25, 0.3) is 0 Å². The topological polar surface area (TPSA) is 27.7 Å². The molecule has 2 aliphatic carbocycles. The largest absolute Gasteiger partial charge is 0.415 e. The van der Waals surface area contributed by atoms with Crippen LogP contribution in [0.1, 0.15) is 65.2 Å². The quantitative estimate of drug-likeness (QED) is 0.264. The molecule has 4 atom stereocenters. The van der Waals surface area contributed by atoms with Gasteiger partial charge < -0.3 is 13.0 Å². The van der Waals surface area contributed by atoms with Crippen molar-refractivity contribution in [2.45, 2.75) is 90.4 Å². The van der Waals surface area contributed by atoms with Crippen molar-refractivity contribution in [1.82, 2.24) is 0 Å². The summed E-state index contributed by atoms with van der Waals surface area (Å²) in [7, 11) is -4.42. The van der Waals surface area contributed by atoms with Gasteiger partial charge in [-0.2, -0.15) is 0 Å². The molecule has 0 aromatic heterocycles. The molecule has 0 aliphatic heterocycles. The van der Waals surface area contributed by atoms with Crippen molar-refractivity contribution >= 4 is 17.1 Å². The fourth-order valence-electron chi connectivity index (χ4n) is 4.51. The average Bonchev–Trinajstić information content (AvgIpc) is 2.67. The van der Waals surface area contributed by atoms with Crippen LogP contribution in [0.5, 0.6) is 0 Å². The van der Waals surface area contributed by atoms with E-state index in [0.717, 1.165) is 25.3 Å². The van der Waals surface area contributed by atoms with Crippen molar-refractivity contribution in [1.29, 1.82) is 0 Å². The summed E-state index contributed by atoms with van der Waals surface area (Å²) in [6.45, 7) is 10.2. The second-order valence-electron chi connectivity index (χ2n) is 8.55. The third-order valence-corrected chi connectivity index (χ3v) is 13.6. The van der Waals surface area contributed by atoms with Gasteiger partial charge in [-0.3, -0.25) is 0 Å². The van der Waals surface area contributed by atoms with Crippen LogP contribution in [0.3, 0.4) is 0 Å². The number of allylic oxidation sites excluding steroid dienone is 4. The van der Waals surface area contributed by atoms with Crippen LogP contribution in [0.15, 0.2) is 24.3 Å². The minimum atomic E-state index is -2.21. The van der Waals surface area contributed by atoms with Gasteiger partial charge in [0.15, 0.2) is 0 Å². The Labute approximate surface area is 170 Å². The van der Waals surface area contributed by atoms with Crippen LogP contribution < -0.4 is 0 Å². The summed E-state index contributed by atoms with van der Waals surface area (Å²) in [6, 6.07) is 2.16. The highest BCUT2D eigenvalue weighted by Gasteiger charge is 2.43. The van der Waals surface area contributed by atoms with Gasteiger partial charge in [0, 0.05) is 13.2 Å². The van der Waals surface area contributed by atoms with E-state index in [4.69, 9.17) is 13.0 Å². The Bertz CT molecular complexity index is 440. The van der Waals surface area contributed by atoms with E-state index in [2.05, 4.69) is 51.2 Å². The summed E-state index contributed by atoms with van der Waals surface area (Å²) in [6.07, 6.45) is 19.7. The molecule has 0 aromatic carbocycles. The number of hydrogen-bond acceptors (Lipinski definition) is 3. The van der Waals surface area contributed by atoms with Gasteiger partial charge in [0.05, 0.1) is 0 Å². The van der Waals surface area contributed by atoms with Gasteiger partial charge >= 0.3 is 17.1 Å². The standard InChI is InChI=1S/C22H42O3Si2/c1-5-23-26(3,19-17-21-13-9-7-10-14-21)25-27(4,24-6-2)20-18-22-15-11-8-12-16-22/h9,11,13,15,21-22H,5-8,10,12,14,16-20H2,1-4H3. The van der Waals surface area contributed by atoms with E-state index in [9.17, 15) is 0 Å². The Morgan fingerprint density at radius 1 is 0.778 bits per heavy atom. The molecule has 0 fully saturated rings. The highest BCUT2D eigenvalue weighted by Crippen LogP contribution is 2.32. The molecular formula is C22H42O3Si2. The molecule has 3 nitrogen and oxygen atoms in total. The lowest BCUT2D eigenvalue weighted by Gasteiger charge is -2.38. The molecule has 156 valence electrons. The maximum absolute atomic E-state index is 6.87. The zero-order valence-corrected chi connectivity index (χ0v) is 20.2. The summed E-state index contributed by atoms with van der Waals surface area (Å²) in [5.41, 5.74) is 0. The van der Waals surface area contributed by atoms with Gasteiger partial charge in [-0.25, -0.2) is 0 Å².